The van der Waals surface area contributed by atoms with Crippen LogP contribution in [0.25, 0.3) is 0 Å². The Labute approximate surface area is 138 Å². The number of ether oxygens (including phenoxy) is 1. The lowest BCUT2D eigenvalue weighted by Crippen LogP contribution is -2.53. The third-order valence-electron chi connectivity index (χ3n) is 4.44. The normalized spacial score (nSPS) is 30.0. The first-order valence-electron chi connectivity index (χ1n) is 7.62. The number of carboxylic acids is 1. The quantitative estimate of drug-likeness (QED) is 0.642. The molecule has 3 heterocycles. The maximum atomic E-state index is 11.7. The van der Waals surface area contributed by atoms with Crippen molar-refractivity contribution in [3.8, 4) is 0 Å². The van der Waals surface area contributed by atoms with E-state index in [2.05, 4.69) is 0 Å². The van der Waals surface area contributed by atoms with Crippen LogP contribution in [0.2, 0.25) is 0 Å². The molecule has 0 bridgehead atoms. The zero-order chi connectivity index (χ0) is 17.4. The molecule has 0 aliphatic carbocycles. The van der Waals surface area contributed by atoms with Gasteiger partial charge in [-0.15, -0.1) is 0 Å². The van der Waals surface area contributed by atoms with Crippen molar-refractivity contribution in [2.24, 2.45) is 0 Å². The number of aliphatic carboxylic acids is 1. The van der Waals surface area contributed by atoms with Gasteiger partial charge in [-0.2, -0.15) is 4.57 Å². The zero-order valence-corrected chi connectivity index (χ0v) is 13.1. The molecule has 1 amide bonds. The minimum atomic E-state index is -1.35. The highest BCUT2D eigenvalue weighted by Crippen LogP contribution is 2.31. The van der Waals surface area contributed by atoms with E-state index in [1.165, 1.54) is 4.57 Å². The van der Waals surface area contributed by atoms with Crippen molar-refractivity contribution in [2.45, 2.75) is 37.3 Å². The van der Waals surface area contributed by atoms with Gasteiger partial charge in [-0.1, -0.05) is 0 Å². The van der Waals surface area contributed by atoms with E-state index in [0.29, 0.717) is 12.8 Å². The second-order valence-corrected chi connectivity index (χ2v) is 5.97. The fourth-order valence-corrected chi connectivity index (χ4v) is 3.08. The molecule has 1 fully saturated rings. The number of carboxylic acid groups (broad SMARTS) is 1. The summed E-state index contributed by atoms with van der Waals surface area (Å²) in [4.78, 5) is 24.5. The Bertz CT molecular complexity index is 704. The highest BCUT2D eigenvalue weighted by atomic mass is 16.5. The number of aliphatic hydroxyl groups is 2. The molecule has 0 aromatic carbocycles. The van der Waals surface area contributed by atoms with Crippen molar-refractivity contribution in [3.05, 3.63) is 41.9 Å². The standard InChI is InChI=1S/C16H18N2O6/c1-17-10(4-5-13(17)20)9-3-2-6-18(8-9)15-14(21)11(19)7-12(24-15)16(22)23/h2-3,6-8,10-11,14-15,19,21H,4-5H2,1H3/p+1. The summed E-state index contributed by atoms with van der Waals surface area (Å²) < 4.78 is 6.83. The molecular formula is C16H19N2O6+. The molecule has 3 rings (SSSR count). The lowest BCUT2D eigenvalue weighted by Gasteiger charge is -2.27. The Morgan fingerprint density at radius 3 is 2.79 bits per heavy atom. The zero-order valence-electron chi connectivity index (χ0n) is 13.1. The monoisotopic (exact) mass is 335 g/mol. The summed E-state index contributed by atoms with van der Waals surface area (Å²) in [6, 6.07) is 3.51. The molecule has 1 aromatic rings. The largest absolute Gasteiger partial charge is 0.475 e. The summed E-state index contributed by atoms with van der Waals surface area (Å²) in [5, 5.41) is 29.1. The number of hydrogen-bond acceptors (Lipinski definition) is 5. The average molecular weight is 335 g/mol. The van der Waals surface area contributed by atoms with Gasteiger partial charge in [-0.25, -0.2) is 4.79 Å². The molecule has 4 unspecified atom stereocenters. The van der Waals surface area contributed by atoms with Gasteiger partial charge in [0.25, 0.3) is 0 Å². The minimum Gasteiger partial charge on any atom is -0.475 e. The Morgan fingerprint density at radius 1 is 1.42 bits per heavy atom. The van der Waals surface area contributed by atoms with Gasteiger partial charge >= 0.3 is 12.2 Å². The molecule has 2 aliphatic rings. The number of rotatable bonds is 3. The molecule has 3 N–H and O–H groups in total. The van der Waals surface area contributed by atoms with E-state index in [9.17, 15) is 19.8 Å². The molecule has 0 radical (unpaired) electrons. The molecule has 0 saturated carbocycles. The Kier molecular flexibility index (Phi) is 4.25. The highest BCUT2D eigenvalue weighted by molar-refractivity contribution is 5.84. The summed E-state index contributed by atoms with van der Waals surface area (Å²) >= 11 is 0. The minimum absolute atomic E-state index is 0.0656. The Morgan fingerprint density at radius 2 is 2.17 bits per heavy atom. The molecule has 0 spiro atoms. The summed E-state index contributed by atoms with van der Waals surface area (Å²) in [6.45, 7) is 0. The molecule has 1 aromatic heterocycles. The number of aromatic nitrogens is 1. The van der Waals surface area contributed by atoms with E-state index in [1.807, 2.05) is 6.07 Å². The molecule has 24 heavy (non-hydrogen) atoms. The number of carbonyl (C=O) groups excluding carboxylic acids is 1. The van der Waals surface area contributed by atoms with Gasteiger partial charge in [0.05, 0.1) is 6.04 Å². The van der Waals surface area contributed by atoms with Crippen molar-refractivity contribution in [2.75, 3.05) is 7.05 Å². The number of pyridine rings is 1. The first kappa shape index (κ1) is 16.4. The third-order valence-corrected chi connectivity index (χ3v) is 4.44. The van der Waals surface area contributed by atoms with Gasteiger partial charge in [0, 0.05) is 25.1 Å². The van der Waals surface area contributed by atoms with Crippen LogP contribution >= 0.6 is 0 Å². The van der Waals surface area contributed by atoms with Gasteiger partial charge in [-0.3, -0.25) is 4.79 Å². The molecule has 8 heteroatoms. The second-order valence-electron chi connectivity index (χ2n) is 5.97. The van der Waals surface area contributed by atoms with Crippen LogP contribution in [0.3, 0.4) is 0 Å². The van der Waals surface area contributed by atoms with E-state index >= 15 is 0 Å². The van der Waals surface area contributed by atoms with Gasteiger partial charge in [0.15, 0.2) is 18.5 Å². The smallest absolute Gasteiger partial charge is 0.371 e. The summed E-state index contributed by atoms with van der Waals surface area (Å²) in [5.74, 6) is -1.66. The highest BCUT2D eigenvalue weighted by Gasteiger charge is 2.41. The van der Waals surface area contributed by atoms with Gasteiger partial charge in [0.2, 0.25) is 11.7 Å². The van der Waals surface area contributed by atoms with Crippen LogP contribution in [0, 0.1) is 0 Å². The van der Waals surface area contributed by atoms with Crippen molar-refractivity contribution in [1.82, 2.24) is 4.90 Å². The number of aliphatic hydroxyl groups excluding tert-OH is 2. The van der Waals surface area contributed by atoms with Crippen molar-refractivity contribution >= 4 is 11.9 Å². The van der Waals surface area contributed by atoms with Gasteiger partial charge in [-0.05, 0) is 18.6 Å². The van der Waals surface area contributed by atoms with Crippen LogP contribution in [-0.4, -0.2) is 51.4 Å². The van der Waals surface area contributed by atoms with Crippen LogP contribution in [0.4, 0.5) is 0 Å². The fourth-order valence-electron chi connectivity index (χ4n) is 3.08. The molecule has 128 valence electrons. The maximum absolute atomic E-state index is 11.7. The molecule has 2 aliphatic heterocycles. The van der Waals surface area contributed by atoms with Crippen LogP contribution in [0.15, 0.2) is 36.4 Å². The van der Waals surface area contributed by atoms with Crippen molar-refractivity contribution < 1.29 is 34.2 Å². The Hall–Kier alpha value is -2.45. The summed E-state index contributed by atoms with van der Waals surface area (Å²) in [7, 11) is 1.73. The van der Waals surface area contributed by atoms with E-state index in [1.54, 1.807) is 30.4 Å². The summed E-state index contributed by atoms with van der Waals surface area (Å²) in [6.07, 6.45) is 1.73. The van der Waals surface area contributed by atoms with E-state index < -0.39 is 30.2 Å². The van der Waals surface area contributed by atoms with Crippen LogP contribution in [0.5, 0.6) is 0 Å². The Balaban J connectivity index is 1.90. The van der Waals surface area contributed by atoms with E-state index in [0.717, 1.165) is 11.6 Å². The first-order chi connectivity index (χ1) is 11.4. The molecule has 1 saturated heterocycles. The molecule has 8 nitrogen and oxygen atoms in total. The van der Waals surface area contributed by atoms with E-state index in [4.69, 9.17) is 9.84 Å². The van der Waals surface area contributed by atoms with Crippen LogP contribution in [0.1, 0.15) is 30.7 Å². The van der Waals surface area contributed by atoms with E-state index in [-0.39, 0.29) is 11.9 Å². The number of nitrogens with zero attached hydrogens (tertiary/aromatic N) is 2. The lowest BCUT2D eigenvalue weighted by atomic mass is 10.1. The third kappa shape index (κ3) is 2.85. The SMILES string of the molecule is CN1C(=O)CCC1c1ccc[n+](C2OC(C(=O)O)=CC(O)C2O)c1. The molecular weight excluding hydrogens is 316 g/mol. The number of carbonyl (C=O) groups is 2. The number of likely N-dealkylation sites (tertiary alicyclic amines) is 1. The maximum Gasteiger partial charge on any atom is 0.371 e. The molecule has 4 atom stereocenters. The average Bonchev–Trinajstić information content (AvgIpc) is 2.89. The number of amides is 1. The van der Waals surface area contributed by atoms with Crippen LogP contribution in [-0.2, 0) is 14.3 Å². The van der Waals surface area contributed by atoms with Gasteiger partial charge in [0.1, 0.15) is 6.10 Å². The first-order valence-corrected chi connectivity index (χ1v) is 7.62. The predicted molar refractivity (Wildman–Crippen MR) is 79.2 cm³/mol. The predicted octanol–water partition coefficient (Wildman–Crippen LogP) is -0.514. The van der Waals surface area contributed by atoms with Gasteiger partial charge < -0.3 is 25.0 Å². The van der Waals surface area contributed by atoms with Crippen molar-refractivity contribution in [1.29, 1.82) is 0 Å². The van der Waals surface area contributed by atoms with Crippen LogP contribution < -0.4 is 4.57 Å². The lowest BCUT2D eigenvalue weighted by molar-refractivity contribution is -0.769. The number of hydrogen-bond donors (Lipinski definition) is 3. The fraction of sp³-hybridized carbons (Fsp3) is 0.438. The summed E-state index contributed by atoms with van der Waals surface area (Å²) in [5.41, 5.74) is 0.850. The van der Waals surface area contributed by atoms with Crippen molar-refractivity contribution in [3.63, 3.8) is 0 Å². The second kappa shape index (κ2) is 6.21. The topological polar surface area (TPSA) is 111 Å².